The molecule has 3 saturated heterocycles. The second-order valence-corrected chi connectivity index (χ2v) is 14.3. The van der Waals surface area contributed by atoms with Gasteiger partial charge in [-0.05, 0) is 48.6 Å². The topological polar surface area (TPSA) is 146 Å². The highest BCUT2D eigenvalue weighted by Gasteiger charge is 2.63. The van der Waals surface area contributed by atoms with E-state index in [4.69, 9.17) is 14.2 Å². The molecule has 2 aromatic carbocycles. The van der Waals surface area contributed by atoms with Gasteiger partial charge in [0.15, 0.2) is 5.79 Å². The van der Waals surface area contributed by atoms with E-state index in [0.29, 0.717) is 36.1 Å². The number of nitrogens with one attached hydrogen (secondary N) is 4. The van der Waals surface area contributed by atoms with Gasteiger partial charge in [0, 0.05) is 28.7 Å². The standard InChI is InChI=1S/C37H39F4N7O5/c1-19(2)30(47-34(50)51-3)33(49)48-18-35(52-11-12-53-35)15-29(48)32-44-17-28(46-32)21-7-9-23-22-8-6-20(27-16-43-31(45-27)26-5-4-10-42-26)13-24(22)36(38,39)37(40,41)25(23)14-21/h6-9,13-14,16-17,19,26,29-30,42H,4-5,10-12,15,18H2,1-3H3,(H,43,45)(H,44,46)(H,47,50)/t26-,29-,30-/m0/s1. The molecule has 5 heterocycles. The Morgan fingerprint density at radius 3 is 2.06 bits per heavy atom. The Morgan fingerprint density at radius 2 is 1.51 bits per heavy atom. The third-order valence-corrected chi connectivity index (χ3v) is 10.7. The maximum Gasteiger partial charge on any atom is 0.407 e. The van der Waals surface area contributed by atoms with Gasteiger partial charge in [0.05, 0.1) is 62.7 Å². The molecule has 280 valence electrons. The summed E-state index contributed by atoms with van der Waals surface area (Å²) in [6.45, 7) is 5.12. The normalized spacial score (nSPS) is 22.9. The first-order chi connectivity index (χ1) is 25.3. The zero-order valence-electron chi connectivity index (χ0n) is 29.3. The van der Waals surface area contributed by atoms with Gasteiger partial charge < -0.3 is 39.7 Å². The summed E-state index contributed by atoms with van der Waals surface area (Å²) in [5, 5.41) is 5.92. The second-order valence-electron chi connectivity index (χ2n) is 14.3. The van der Waals surface area contributed by atoms with E-state index in [1.54, 1.807) is 26.0 Å². The van der Waals surface area contributed by atoms with Gasteiger partial charge in [0.2, 0.25) is 5.91 Å². The molecule has 16 heteroatoms. The number of nitrogens with zero attached hydrogens (tertiary/aromatic N) is 3. The van der Waals surface area contributed by atoms with Crippen LogP contribution in [0.3, 0.4) is 0 Å². The zero-order chi connectivity index (χ0) is 37.3. The monoisotopic (exact) mass is 737 g/mol. The van der Waals surface area contributed by atoms with Crippen LogP contribution in [-0.2, 0) is 30.9 Å². The Balaban J connectivity index is 1.11. The van der Waals surface area contributed by atoms with E-state index in [-0.39, 0.29) is 47.3 Å². The minimum Gasteiger partial charge on any atom is -0.453 e. The number of fused-ring (bicyclic) bond motifs is 3. The molecule has 12 nitrogen and oxygen atoms in total. The summed E-state index contributed by atoms with van der Waals surface area (Å²) in [7, 11) is 1.20. The number of hydrogen-bond donors (Lipinski definition) is 4. The number of benzene rings is 2. The van der Waals surface area contributed by atoms with Crippen LogP contribution >= 0.6 is 0 Å². The predicted molar refractivity (Wildman–Crippen MR) is 183 cm³/mol. The molecule has 1 spiro atoms. The SMILES string of the molecule is COC(=O)N[C@H](C(=O)N1CC2(C[C@H]1c1ncc(-c3ccc4c(c3)C(F)(F)C(F)(F)c3cc(-c5cnc([C@@H]6CCCN6)[nH]5)ccc3-4)[nH]1)OCCO2)C(C)C. The van der Waals surface area contributed by atoms with Gasteiger partial charge in [0.1, 0.15) is 17.7 Å². The average molecular weight is 738 g/mol. The lowest BCUT2D eigenvalue weighted by Crippen LogP contribution is -2.52. The summed E-state index contributed by atoms with van der Waals surface area (Å²) >= 11 is 0. The fourth-order valence-corrected chi connectivity index (χ4v) is 7.88. The number of halogens is 4. The van der Waals surface area contributed by atoms with Crippen molar-refractivity contribution >= 4 is 12.0 Å². The number of H-pyrrole nitrogens is 2. The first-order valence-electron chi connectivity index (χ1n) is 17.6. The summed E-state index contributed by atoms with van der Waals surface area (Å²) in [4.78, 5) is 42.7. The number of alkyl halides is 4. The van der Waals surface area contributed by atoms with Crippen molar-refractivity contribution in [1.82, 2.24) is 35.5 Å². The predicted octanol–water partition coefficient (Wildman–Crippen LogP) is 6.15. The minimum absolute atomic E-state index is 0.00529. The highest BCUT2D eigenvalue weighted by atomic mass is 19.3. The van der Waals surface area contributed by atoms with Crippen molar-refractivity contribution in [1.29, 1.82) is 0 Å². The number of alkyl carbamates (subject to hydrolysis) is 1. The Morgan fingerprint density at radius 1 is 0.925 bits per heavy atom. The number of imidazole rings is 2. The van der Waals surface area contributed by atoms with Gasteiger partial charge in [-0.25, -0.2) is 14.8 Å². The lowest BCUT2D eigenvalue weighted by molar-refractivity contribution is -0.225. The summed E-state index contributed by atoms with van der Waals surface area (Å²) in [6, 6.07) is 6.61. The van der Waals surface area contributed by atoms with Crippen LogP contribution in [-0.4, -0.2) is 82.1 Å². The fraction of sp³-hybridized carbons (Fsp3) is 0.459. The molecule has 0 saturated carbocycles. The van der Waals surface area contributed by atoms with E-state index in [0.717, 1.165) is 31.5 Å². The first kappa shape index (κ1) is 35.2. The van der Waals surface area contributed by atoms with Crippen LogP contribution in [0.4, 0.5) is 22.4 Å². The lowest BCUT2D eigenvalue weighted by atomic mass is 9.79. The van der Waals surface area contributed by atoms with Crippen molar-refractivity contribution in [2.24, 2.45) is 5.92 Å². The molecule has 0 radical (unpaired) electrons. The molecular formula is C37H39F4N7O5. The van der Waals surface area contributed by atoms with Crippen LogP contribution in [0, 0.1) is 5.92 Å². The highest BCUT2D eigenvalue weighted by molar-refractivity contribution is 5.87. The van der Waals surface area contributed by atoms with E-state index in [1.165, 1.54) is 36.5 Å². The van der Waals surface area contributed by atoms with Crippen molar-refractivity contribution in [3.8, 4) is 33.6 Å². The summed E-state index contributed by atoms with van der Waals surface area (Å²) < 4.78 is 80.4. The fourth-order valence-electron chi connectivity index (χ4n) is 7.88. The van der Waals surface area contributed by atoms with Gasteiger partial charge >= 0.3 is 17.9 Å². The molecule has 2 amide bonds. The quantitative estimate of drug-likeness (QED) is 0.165. The zero-order valence-corrected chi connectivity index (χ0v) is 29.3. The molecule has 3 fully saturated rings. The third kappa shape index (κ3) is 5.87. The van der Waals surface area contributed by atoms with E-state index < -0.39 is 52.8 Å². The Labute approximate surface area is 302 Å². The van der Waals surface area contributed by atoms with Crippen LogP contribution in [0.15, 0.2) is 48.8 Å². The number of carbonyl (C=O) groups excluding carboxylic acids is 2. The van der Waals surface area contributed by atoms with Crippen molar-refractivity contribution in [2.75, 3.05) is 33.4 Å². The van der Waals surface area contributed by atoms with Gasteiger partial charge in [0.25, 0.3) is 0 Å². The number of likely N-dealkylation sites (tertiary alicyclic amines) is 1. The summed E-state index contributed by atoms with van der Waals surface area (Å²) in [5.41, 5.74) is -0.297. The maximum absolute atomic E-state index is 16.0. The molecule has 4 aromatic rings. The van der Waals surface area contributed by atoms with Crippen LogP contribution in [0.1, 0.15) is 68.0 Å². The lowest BCUT2D eigenvalue weighted by Gasteiger charge is -2.35. The van der Waals surface area contributed by atoms with Crippen LogP contribution in [0.25, 0.3) is 33.6 Å². The number of hydrogen-bond acceptors (Lipinski definition) is 8. The van der Waals surface area contributed by atoms with Crippen molar-refractivity contribution < 1.29 is 41.4 Å². The second kappa shape index (κ2) is 13.0. The van der Waals surface area contributed by atoms with Gasteiger partial charge in [-0.3, -0.25) is 4.79 Å². The van der Waals surface area contributed by atoms with Crippen LogP contribution in [0.2, 0.25) is 0 Å². The van der Waals surface area contributed by atoms with Crippen molar-refractivity contribution in [2.45, 2.75) is 68.9 Å². The number of rotatable bonds is 7. The number of amides is 2. The number of aromatic nitrogens is 4. The number of methoxy groups -OCH3 is 1. The minimum atomic E-state index is -4.55. The number of aromatic amines is 2. The molecule has 0 unspecified atom stereocenters. The maximum atomic E-state index is 16.0. The molecule has 4 N–H and O–H groups in total. The van der Waals surface area contributed by atoms with E-state index in [2.05, 4.69) is 30.6 Å². The number of carbonyl (C=O) groups is 2. The van der Waals surface area contributed by atoms with Gasteiger partial charge in [-0.1, -0.05) is 38.1 Å². The van der Waals surface area contributed by atoms with Crippen LogP contribution < -0.4 is 10.6 Å². The Bertz CT molecular complexity index is 2050. The van der Waals surface area contributed by atoms with Crippen molar-refractivity contribution in [3.05, 3.63) is 71.6 Å². The van der Waals surface area contributed by atoms with E-state index in [9.17, 15) is 9.59 Å². The highest BCUT2D eigenvalue weighted by Crippen LogP contribution is 2.58. The molecule has 1 aliphatic carbocycles. The molecule has 0 bridgehead atoms. The van der Waals surface area contributed by atoms with Crippen molar-refractivity contribution in [3.63, 3.8) is 0 Å². The van der Waals surface area contributed by atoms with Crippen LogP contribution in [0.5, 0.6) is 0 Å². The molecule has 53 heavy (non-hydrogen) atoms. The Hall–Kier alpha value is -4.80. The molecular weight excluding hydrogens is 698 g/mol. The first-order valence-corrected chi connectivity index (χ1v) is 17.6. The van der Waals surface area contributed by atoms with E-state index >= 15 is 17.6 Å². The third-order valence-electron chi connectivity index (χ3n) is 10.7. The smallest absolute Gasteiger partial charge is 0.407 e. The molecule has 3 aliphatic heterocycles. The summed E-state index contributed by atoms with van der Waals surface area (Å²) in [6.07, 6.45) is 4.26. The Kier molecular flexibility index (Phi) is 8.61. The molecule has 8 rings (SSSR count). The summed E-state index contributed by atoms with van der Waals surface area (Å²) in [5.74, 6) is -9.90. The van der Waals surface area contributed by atoms with Gasteiger partial charge in [-0.2, -0.15) is 17.6 Å². The van der Waals surface area contributed by atoms with E-state index in [1.807, 2.05) is 0 Å². The average Bonchev–Trinajstić information content (AvgIpc) is 4.00. The number of ether oxygens (including phenoxy) is 3. The molecule has 3 atom stereocenters. The molecule has 2 aromatic heterocycles. The largest absolute Gasteiger partial charge is 0.453 e. The van der Waals surface area contributed by atoms with Gasteiger partial charge in [-0.15, -0.1) is 0 Å². The molecule has 4 aliphatic rings.